The van der Waals surface area contributed by atoms with Gasteiger partial charge in [-0.25, -0.2) is 4.79 Å². The molecule has 2 aromatic rings. The zero-order chi connectivity index (χ0) is 14.0. The Morgan fingerprint density at radius 2 is 2.16 bits per heavy atom. The van der Waals surface area contributed by atoms with Gasteiger partial charge in [0.15, 0.2) is 6.10 Å². The van der Waals surface area contributed by atoms with Gasteiger partial charge in [0.1, 0.15) is 0 Å². The molecule has 1 heterocycles. The summed E-state index contributed by atoms with van der Waals surface area (Å²) in [6.07, 6.45) is 0.607. The number of aryl methyl sites for hydroxylation is 2. The summed E-state index contributed by atoms with van der Waals surface area (Å²) in [5, 5.41) is 11.1. The summed E-state index contributed by atoms with van der Waals surface area (Å²) in [6.45, 7) is 6.79. The average Bonchev–Trinajstić information content (AvgIpc) is 2.78. The second-order valence-electron chi connectivity index (χ2n) is 4.49. The van der Waals surface area contributed by atoms with Crippen LogP contribution in [0.15, 0.2) is 24.4 Å². The smallest absolute Gasteiger partial charge is 0.339 e. The van der Waals surface area contributed by atoms with Gasteiger partial charge in [-0.1, -0.05) is 12.1 Å². The van der Waals surface area contributed by atoms with Gasteiger partial charge in [0.2, 0.25) is 0 Å². The van der Waals surface area contributed by atoms with Crippen LogP contribution in [0.25, 0.3) is 10.9 Å². The third-order valence-corrected chi connectivity index (χ3v) is 3.29. The molecule has 0 bridgehead atoms. The lowest BCUT2D eigenvalue weighted by Gasteiger charge is -2.09. The van der Waals surface area contributed by atoms with Gasteiger partial charge in [-0.05, 0) is 32.4 Å². The minimum absolute atomic E-state index is 0.265. The highest BCUT2D eigenvalue weighted by Gasteiger charge is 2.23. The summed E-state index contributed by atoms with van der Waals surface area (Å²) in [6, 6.07) is 5.95. The normalized spacial score (nSPS) is 12.6. The Hall–Kier alpha value is -1.81. The van der Waals surface area contributed by atoms with Crippen molar-refractivity contribution in [1.82, 2.24) is 4.57 Å². The molecule has 1 aromatic carbocycles. The van der Waals surface area contributed by atoms with Crippen molar-refractivity contribution < 1.29 is 14.6 Å². The van der Waals surface area contributed by atoms with Crippen LogP contribution in [0.3, 0.4) is 0 Å². The first-order chi connectivity index (χ1) is 9.10. The Kier molecular flexibility index (Phi) is 3.90. The lowest BCUT2D eigenvalue weighted by atomic mass is 10.0. The number of aliphatic hydroxyl groups excluding tert-OH is 1. The molecule has 0 amide bonds. The van der Waals surface area contributed by atoms with E-state index in [2.05, 4.69) is 0 Å². The SMILES string of the molecule is CCOC(=O)C(O)c1cn(CC)c2cccc(C)c12. The summed E-state index contributed by atoms with van der Waals surface area (Å²) in [4.78, 5) is 11.7. The number of carbonyl (C=O) groups excluding carboxylic acids is 1. The number of benzene rings is 1. The maximum Gasteiger partial charge on any atom is 0.339 e. The minimum Gasteiger partial charge on any atom is -0.464 e. The Labute approximate surface area is 112 Å². The van der Waals surface area contributed by atoms with Gasteiger partial charge in [0.05, 0.1) is 6.61 Å². The predicted molar refractivity (Wildman–Crippen MR) is 73.9 cm³/mol. The quantitative estimate of drug-likeness (QED) is 0.861. The number of aromatic nitrogens is 1. The lowest BCUT2D eigenvalue weighted by molar-refractivity contribution is -0.153. The van der Waals surface area contributed by atoms with Crippen molar-refractivity contribution in [2.24, 2.45) is 0 Å². The van der Waals surface area contributed by atoms with E-state index in [0.717, 1.165) is 23.0 Å². The fraction of sp³-hybridized carbons (Fsp3) is 0.400. The lowest BCUT2D eigenvalue weighted by Crippen LogP contribution is -2.15. The first-order valence-corrected chi connectivity index (χ1v) is 6.53. The van der Waals surface area contributed by atoms with Gasteiger partial charge >= 0.3 is 5.97 Å². The van der Waals surface area contributed by atoms with Gasteiger partial charge in [-0.3, -0.25) is 0 Å². The predicted octanol–water partition coefficient (Wildman–Crippen LogP) is 2.57. The highest BCUT2D eigenvalue weighted by molar-refractivity contribution is 5.91. The highest BCUT2D eigenvalue weighted by atomic mass is 16.5. The number of aliphatic hydroxyl groups is 1. The third-order valence-electron chi connectivity index (χ3n) is 3.29. The topological polar surface area (TPSA) is 51.5 Å². The highest BCUT2D eigenvalue weighted by Crippen LogP contribution is 2.30. The molecule has 0 radical (unpaired) electrons. The molecule has 0 saturated heterocycles. The Morgan fingerprint density at radius 1 is 1.42 bits per heavy atom. The second-order valence-corrected chi connectivity index (χ2v) is 4.49. The van der Waals surface area contributed by atoms with Crippen molar-refractivity contribution in [2.45, 2.75) is 33.4 Å². The molecule has 0 saturated carbocycles. The molecule has 0 spiro atoms. The molecule has 4 heteroatoms. The van der Waals surface area contributed by atoms with Crippen LogP contribution in [-0.2, 0) is 16.1 Å². The zero-order valence-electron chi connectivity index (χ0n) is 11.5. The molecule has 0 aliphatic rings. The number of hydrogen-bond acceptors (Lipinski definition) is 3. The van der Waals surface area contributed by atoms with Crippen LogP contribution in [0, 0.1) is 6.92 Å². The molecular formula is C15H19NO3. The van der Waals surface area contributed by atoms with E-state index in [1.165, 1.54) is 0 Å². The van der Waals surface area contributed by atoms with Gasteiger partial charge in [-0.2, -0.15) is 0 Å². The number of fused-ring (bicyclic) bond motifs is 1. The maximum atomic E-state index is 11.7. The fourth-order valence-electron chi connectivity index (χ4n) is 2.39. The second kappa shape index (κ2) is 5.45. The standard InChI is InChI=1S/C15H19NO3/c1-4-16-9-11(14(17)15(18)19-5-2)13-10(3)7-6-8-12(13)16/h6-9,14,17H,4-5H2,1-3H3. The van der Waals surface area contributed by atoms with E-state index in [-0.39, 0.29) is 6.61 Å². The van der Waals surface area contributed by atoms with Crippen molar-refractivity contribution in [3.63, 3.8) is 0 Å². The third kappa shape index (κ3) is 2.36. The van der Waals surface area contributed by atoms with Crippen LogP contribution in [-0.4, -0.2) is 22.2 Å². The van der Waals surface area contributed by atoms with Gasteiger partial charge < -0.3 is 14.4 Å². The number of rotatable bonds is 4. The van der Waals surface area contributed by atoms with Crippen LogP contribution in [0.1, 0.15) is 31.1 Å². The molecule has 0 fully saturated rings. The van der Waals surface area contributed by atoms with E-state index in [4.69, 9.17) is 4.74 Å². The molecule has 19 heavy (non-hydrogen) atoms. The molecule has 4 nitrogen and oxygen atoms in total. The average molecular weight is 261 g/mol. The van der Waals surface area contributed by atoms with E-state index < -0.39 is 12.1 Å². The molecule has 1 unspecified atom stereocenters. The minimum atomic E-state index is -1.23. The summed E-state index contributed by atoms with van der Waals surface area (Å²) in [5.41, 5.74) is 2.69. The number of ether oxygens (including phenoxy) is 1. The zero-order valence-corrected chi connectivity index (χ0v) is 11.5. The van der Waals surface area contributed by atoms with Crippen LogP contribution in [0.5, 0.6) is 0 Å². The molecule has 1 atom stereocenters. The Balaban J connectivity index is 2.57. The van der Waals surface area contributed by atoms with Crippen molar-refractivity contribution in [3.05, 3.63) is 35.5 Å². The van der Waals surface area contributed by atoms with Crippen LogP contribution < -0.4 is 0 Å². The maximum absolute atomic E-state index is 11.7. The monoisotopic (exact) mass is 261 g/mol. The van der Waals surface area contributed by atoms with Crippen molar-refractivity contribution in [2.75, 3.05) is 6.61 Å². The molecule has 1 aromatic heterocycles. The molecule has 2 rings (SSSR count). The number of hydrogen-bond donors (Lipinski definition) is 1. The number of esters is 1. The molecule has 1 N–H and O–H groups in total. The van der Waals surface area contributed by atoms with E-state index in [0.29, 0.717) is 5.56 Å². The number of nitrogens with zero attached hydrogens (tertiary/aromatic N) is 1. The van der Waals surface area contributed by atoms with E-state index in [9.17, 15) is 9.90 Å². The van der Waals surface area contributed by atoms with E-state index in [1.54, 1.807) is 6.92 Å². The Bertz CT molecular complexity index is 601. The fourth-order valence-corrected chi connectivity index (χ4v) is 2.39. The van der Waals surface area contributed by atoms with Gasteiger partial charge in [0, 0.05) is 29.2 Å². The van der Waals surface area contributed by atoms with Crippen LogP contribution in [0.4, 0.5) is 0 Å². The summed E-state index contributed by atoms with van der Waals surface area (Å²) < 4.78 is 6.92. The van der Waals surface area contributed by atoms with Gasteiger partial charge in [0.25, 0.3) is 0 Å². The largest absolute Gasteiger partial charge is 0.464 e. The summed E-state index contributed by atoms with van der Waals surface area (Å²) in [7, 11) is 0. The molecule has 0 aliphatic carbocycles. The van der Waals surface area contributed by atoms with Crippen molar-refractivity contribution in [1.29, 1.82) is 0 Å². The first kappa shape index (κ1) is 13.6. The van der Waals surface area contributed by atoms with E-state index in [1.807, 2.05) is 42.8 Å². The summed E-state index contributed by atoms with van der Waals surface area (Å²) >= 11 is 0. The van der Waals surface area contributed by atoms with Crippen molar-refractivity contribution >= 4 is 16.9 Å². The summed E-state index contributed by atoms with van der Waals surface area (Å²) in [5.74, 6) is -0.596. The first-order valence-electron chi connectivity index (χ1n) is 6.53. The molecule has 102 valence electrons. The van der Waals surface area contributed by atoms with Crippen LogP contribution in [0.2, 0.25) is 0 Å². The number of carbonyl (C=O) groups is 1. The van der Waals surface area contributed by atoms with Gasteiger partial charge in [-0.15, -0.1) is 0 Å². The Morgan fingerprint density at radius 3 is 2.79 bits per heavy atom. The van der Waals surface area contributed by atoms with Crippen molar-refractivity contribution in [3.8, 4) is 0 Å². The molecular weight excluding hydrogens is 242 g/mol. The van der Waals surface area contributed by atoms with E-state index >= 15 is 0 Å². The van der Waals surface area contributed by atoms with Crippen LogP contribution >= 0.6 is 0 Å². The molecule has 0 aliphatic heterocycles.